The number of nitrogens with zero attached hydrogens (tertiary/aromatic N) is 2. The van der Waals surface area contributed by atoms with Crippen LogP contribution in [0.3, 0.4) is 0 Å². The van der Waals surface area contributed by atoms with Crippen molar-refractivity contribution in [3.8, 4) is 5.75 Å². The van der Waals surface area contributed by atoms with Crippen molar-refractivity contribution in [2.75, 3.05) is 44.7 Å². The standard InChI is InChI=1S/C27H33N5O4/c1-19-29-22-10-9-21(16-23(22)30-19)31-25(33)17-32-13-15-36-27(18-32)11-5-4-7-20-6-2-3-8-24(20)35-14-12-28-26(27)34/h2-3,6,8-10,16H,4-5,7,11-15,17-18H2,1H3,(H,28,34)(H,29,30)(H,31,33). The number of aryl methyl sites for hydroxylation is 2. The van der Waals surface area contributed by atoms with Crippen LogP contribution in [-0.4, -0.2) is 71.7 Å². The highest BCUT2D eigenvalue weighted by Gasteiger charge is 2.43. The quantitative estimate of drug-likeness (QED) is 0.520. The maximum absolute atomic E-state index is 13.3. The average molecular weight is 492 g/mol. The summed E-state index contributed by atoms with van der Waals surface area (Å²) in [5.74, 6) is 1.46. The molecule has 1 saturated heterocycles. The number of anilines is 1. The van der Waals surface area contributed by atoms with Crippen LogP contribution in [-0.2, 0) is 20.7 Å². The van der Waals surface area contributed by atoms with E-state index in [2.05, 4.69) is 26.7 Å². The SMILES string of the molecule is Cc1nc2ccc(NC(=O)CN3CCOC4(CCCCc5ccccc5OCCNC4=O)C3)cc2[nH]1. The molecule has 9 nitrogen and oxygen atoms in total. The van der Waals surface area contributed by atoms with Crippen molar-refractivity contribution in [3.63, 3.8) is 0 Å². The second-order valence-corrected chi connectivity index (χ2v) is 9.57. The molecule has 1 atom stereocenters. The van der Waals surface area contributed by atoms with Crippen LogP contribution >= 0.6 is 0 Å². The van der Waals surface area contributed by atoms with Gasteiger partial charge in [-0.3, -0.25) is 14.5 Å². The molecule has 3 heterocycles. The lowest BCUT2D eigenvalue weighted by atomic mass is 9.91. The summed E-state index contributed by atoms with van der Waals surface area (Å²) < 4.78 is 12.1. The predicted molar refractivity (Wildman–Crippen MR) is 137 cm³/mol. The molecule has 0 radical (unpaired) electrons. The van der Waals surface area contributed by atoms with Crippen molar-refractivity contribution in [3.05, 3.63) is 53.9 Å². The van der Waals surface area contributed by atoms with Crippen LogP contribution in [0, 0.1) is 6.92 Å². The predicted octanol–water partition coefficient (Wildman–Crippen LogP) is 2.80. The molecule has 0 saturated carbocycles. The molecule has 1 aromatic heterocycles. The summed E-state index contributed by atoms with van der Waals surface area (Å²) in [4.78, 5) is 35.7. The first-order valence-corrected chi connectivity index (χ1v) is 12.6. The first-order valence-electron chi connectivity index (χ1n) is 12.6. The zero-order chi connectivity index (χ0) is 25.0. The van der Waals surface area contributed by atoms with Gasteiger partial charge in [-0.15, -0.1) is 0 Å². The van der Waals surface area contributed by atoms with Crippen molar-refractivity contribution in [2.45, 2.75) is 38.2 Å². The number of imidazole rings is 1. The first-order chi connectivity index (χ1) is 17.5. The molecule has 0 aliphatic carbocycles. The summed E-state index contributed by atoms with van der Waals surface area (Å²) in [6, 6.07) is 13.7. The Morgan fingerprint density at radius 2 is 2.08 bits per heavy atom. The Morgan fingerprint density at radius 1 is 1.19 bits per heavy atom. The molecule has 3 aromatic rings. The molecule has 5 rings (SSSR count). The molecule has 2 aromatic carbocycles. The van der Waals surface area contributed by atoms with Crippen LogP contribution in [0.5, 0.6) is 5.75 Å². The third-order valence-electron chi connectivity index (χ3n) is 6.82. The van der Waals surface area contributed by atoms with Gasteiger partial charge in [-0.2, -0.15) is 0 Å². The molecule has 2 aliphatic heterocycles. The largest absolute Gasteiger partial charge is 0.491 e. The smallest absolute Gasteiger partial charge is 0.253 e. The zero-order valence-corrected chi connectivity index (χ0v) is 20.6. The maximum atomic E-state index is 13.3. The van der Waals surface area contributed by atoms with E-state index in [0.717, 1.165) is 41.9 Å². The van der Waals surface area contributed by atoms with Crippen LogP contribution < -0.4 is 15.4 Å². The first kappa shape index (κ1) is 24.3. The minimum atomic E-state index is -0.969. The van der Waals surface area contributed by atoms with Gasteiger partial charge in [-0.25, -0.2) is 4.98 Å². The van der Waals surface area contributed by atoms with Crippen molar-refractivity contribution in [2.24, 2.45) is 0 Å². The normalized spacial score (nSPS) is 21.6. The number of hydrogen-bond acceptors (Lipinski definition) is 6. The van der Waals surface area contributed by atoms with E-state index in [1.165, 1.54) is 5.56 Å². The van der Waals surface area contributed by atoms with Crippen LogP contribution in [0.25, 0.3) is 11.0 Å². The van der Waals surface area contributed by atoms with E-state index in [1.54, 1.807) is 0 Å². The van der Waals surface area contributed by atoms with Crippen molar-refractivity contribution in [1.82, 2.24) is 20.2 Å². The van der Waals surface area contributed by atoms with Gasteiger partial charge in [0.05, 0.1) is 30.7 Å². The highest BCUT2D eigenvalue weighted by Crippen LogP contribution is 2.28. The summed E-state index contributed by atoms with van der Waals surface area (Å²) in [6.07, 6.45) is 3.26. The van der Waals surface area contributed by atoms with Crippen molar-refractivity contribution >= 4 is 28.5 Å². The molecule has 0 bridgehead atoms. The van der Waals surface area contributed by atoms with Gasteiger partial charge in [0.1, 0.15) is 18.2 Å². The topological polar surface area (TPSA) is 109 Å². The minimum Gasteiger partial charge on any atom is -0.491 e. The Labute approximate surface area is 210 Å². The number of aromatic nitrogens is 2. The number of morpholine rings is 1. The highest BCUT2D eigenvalue weighted by molar-refractivity contribution is 5.94. The van der Waals surface area contributed by atoms with E-state index in [1.807, 2.05) is 48.2 Å². The molecule has 2 amide bonds. The van der Waals surface area contributed by atoms with Gasteiger partial charge in [-0.1, -0.05) is 18.2 Å². The van der Waals surface area contributed by atoms with Gasteiger partial charge in [0, 0.05) is 18.8 Å². The van der Waals surface area contributed by atoms with E-state index in [4.69, 9.17) is 9.47 Å². The number of carbonyl (C=O) groups excluding carboxylic acids is 2. The third-order valence-corrected chi connectivity index (χ3v) is 6.82. The van der Waals surface area contributed by atoms with E-state index in [9.17, 15) is 9.59 Å². The molecule has 2 aliphatic rings. The van der Waals surface area contributed by atoms with Gasteiger partial charge in [0.2, 0.25) is 5.91 Å². The van der Waals surface area contributed by atoms with Gasteiger partial charge in [0.15, 0.2) is 5.60 Å². The molecule has 1 unspecified atom stereocenters. The van der Waals surface area contributed by atoms with Gasteiger partial charge in [0.25, 0.3) is 5.91 Å². The number of hydrogen-bond donors (Lipinski definition) is 3. The Balaban J connectivity index is 1.22. The lowest BCUT2D eigenvalue weighted by Gasteiger charge is -2.41. The lowest BCUT2D eigenvalue weighted by Crippen LogP contribution is -2.61. The number of aromatic amines is 1. The number of H-pyrrole nitrogens is 1. The summed E-state index contributed by atoms with van der Waals surface area (Å²) in [7, 11) is 0. The molecular formula is C27H33N5O4. The molecule has 9 heteroatoms. The van der Waals surface area contributed by atoms with Crippen LogP contribution in [0.2, 0.25) is 0 Å². The number of rotatable bonds is 3. The van der Waals surface area contributed by atoms with Crippen molar-refractivity contribution < 1.29 is 19.1 Å². The second-order valence-electron chi connectivity index (χ2n) is 9.57. The summed E-state index contributed by atoms with van der Waals surface area (Å²) in [5, 5.41) is 5.97. The fraction of sp³-hybridized carbons (Fsp3) is 0.444. The van der Waals surface area contributed by atoms with Crippen LogP contribution in [0.1, 0.15) is 30.7 Å². The Kier molecular flexibility index (Phi) is 7.20. The van der Waals surface area contributed by atoms with Gasteiger partial charge in [-0.05, 0) is 62.4 Å². The fourth-order valence-electron chi connectivity index (χ4n) is 5.08. The number of benzene rings is 2. The van der Waals surface area contributed by atoms with E-state index < -0.39 is 5.60 Å². The zero-order valence-electron chi connectivity index (χ0n) is 20.6. The van der Waals surface area contributed by atoms with E-state index >= 15 is 0 Å². The van der Waals surface area contributed by atoms with Crippen LogP contribution in [0.15, 0.2) is 42.5 Å². The van der Waals surface area contributed by atoms with Crippen molar-refractivity contribution in [1.29, 1.82) is 0 Å². The fourth-order valence-corrected chi connectivity index (χ4v) is 5.08. The second kappa shape index (κ2) is 10.7. The minimum absolute atomic E-state index is 0.124. The molecule has 36 heavy (non-hydrogen) atoms. The molecule has 1 fully saturated rings. The number of fused-ring (bicyclic) bond motifs is 2. The molecule has 3 N–H and O–H groups in total. The Hall–Kier alpha value is -3.43. The Morgan fingerprint density at radius 3 is 3.00 bits per heavy atom. The average Bonchev–Trinajstić information content (AvgIpc) is 3.24. The summed E-state index contributed by atoms with van der Waals surface area (Å²) in [6.45, 7) is 4.26. The lowest BCUT2D eigenvalue weighted by molar-refractivity contribution is -0.163. The molecule has 1 spiro atoms. The number of carbonyl (C=O) groups is 2. The van der Waals surface area contributed by atoms with Crippen LogP contribution in [0.4, 0.5) is 5.69 Å². The van der Waals surface area contributed by atoms with Gasteiger partial charge >= 0.3 is 0 Å². The molecular weight excluding hydrogens is 458 g/mol. The maximum Gasteiger partial charge on any atom is 0.253 e. The third kappa shape index (κ3) is 5.52. The molecule has 190 valence electrons. The summed E-state index contributed by atoms with van der Waals surface area (Å²) in [5.41, 5.74) is 2.67. The monoisotopic (exact) mass is 491 g/mol. The van der Waals surface area contributed by atoms with Gasteiger partial charge < -0.3 is 25.1 Å². The highest BCUT2D eigenvalue weighted by atomic mass is 16.5. The van der Waals surface area contributed by atoms with E-state index in [0.29, 0.717) is 45.0 Å². The number of amides is 2. The number of ether oxygens (including phenoxy) is 2. The van der Waals surface area contributed by atoms with E-state index in [-0.39, 0.29) is 18.4 Å². The number of nitrogens with one attached hydrogen (secondary N) is 3. The summed E-state index contributed by atoms with van der Waals surface area (Å²) >= 11 is 0. The number of para-hydroxylation sites is 1. The Bertz CT molecular complexity index is 1240.